The molecule has 66 valence electrons. The van der Waals surface area contributed by atoms with Crippen molar-refractivity contribution in [1.29, 1.82) is 0 Å². The summed E-state index contributed by atoms with van der Waals surface area (Å²) in [5, 5.41) is 7.83. The SMILES string of the molecule is Cc1ccnc(-c2cn(C)nn2)c1. The van der Waals surface area contributed by atoms with Crippen LogP contribution in [-0.4, -0.2) is 20.0 Å². The zero-order valence-corrected chi connectivity index (χ0v) is 7.60. The van der Waals surface area contributed by atoms with Gasteiger partial charge in [0.15, 0.2) is 0 Å². The van der Waals surface area contributed by atoms with Gasteiger partial charge in [0.2, 0.25) is 0 Å². The van der Waals surface area contributed by atoms with Crippen molar-refractivity contribution in [1.82, 2.24) is 20.0 Å². The first-order valence-corrected chi connectivity index (χ1v) is 4.05. The Morgan fingerprint density at radius 2 is 2.15 bits per heavy atom. The molecular formula is C9H10N4. The van der Waals surface area contributed by atoms with Gasteiger partial charge >= 0.3 is 0 Å². The number of aromatic nitrogens is 4. The van der Waals surface area contributed by atoms with Gasteiger partial charge in [-0.3, -0.25) is 9.67 Å². The average molecular weight is 174 g/mol. The van der Waals surface area contributed by atoms with Crippen molar-refractivity contribution in [3.63, 3.8) is 0 Å². The molecule has 0 fully saturated rings. The van der Waals surface area contributed by atoms with Gasteiger partial charge < -0.3 is 0 Å². The van der Waals surface area contributed by atoms with Gasteiger partial charge in [-0.05, 0) is 24.6 Å². The molecule has 0 unspecified atom stereocenters. The maximum absolute atomic E-state index is 4.21. The minimum absolute atomic E-state index is 0.811. The Morgan fingerprint density at radius 3 is 2.77 bits per heavy atom. The molecule has 0 atom stereocenters. The van der Waals surface area contributed by atoms with Crippen LogP contribution in [0, 0.1) is 6.92 Å². The van der Waals surface area contributed by atoms with Crippen LogP contribution in [0.3, 0.4) is 0 Å². The Kier molecular flexibility index (Phi) is 1.81. The summed E-state index contributed by atoms with van der Waals surface area (Å²) in [6.45, 7) is 2.03. The van der Waals surface area contributed by atoms with E-state index in [9.17, 15) is 0 Å². The number of rotatable bonds is 1. The smallest absolute Gasteiger partial charge is 0.131 e. The fourth-order valence-corrected chi connectivity index (χ4v) is 1.14. The van der Waals surface area contributed by atoms with Crippen LogP contribution in [0.2, 0.25) is 0 Å². The van der Waals surface area contributed by atoms with Gasteiger partial charge in [-0.2, -0.15) is 0 Å². The van der Waals surface area contributed by atoms with E-state index >= 15 is 0 Å². The van der Waals surface area contributed by atoms with Gasteiger partial charge in [0.25, 0.3) is 0 Å². The summed E-state index contributed by atoms with van der Waals surface area (Å²) in [6.07, 6.45) is 3.63. The second kappa shape index (κ2) is 2.97. The highest BCUT2D eigenvalue weighted by molar-refractivity contribution is 5.52. The molecular weight excluding hydrogens is 164 g/mol. The lowest BCUT2D eigenvalue weighted by Gasteiger charge is -1.95. The van der Waals surface area contributed by atoms with Crippen molar-refractivity contribution in [2.45, 2.75) is 6.92 Å². The van der Waals surface area contributed by atoms with Crippen LogP contribution in [0.15, 0.2) is 24.5 Å². The molecule has 0 radical (unpaired) electrons. The van der Waals surface area contributed by atoms with E-state index in [0.29, 0.717) is 0 Å². The van der Waals surface area contributed by atoms with Crippen molar-refractivity contribution in [2.24, 2.45) is 7.05 Å². The van der Waals surface area contributed by atoms with Crippen molar-refractivity contribution in [3.8, 4) is 11.4 Å². The standard InChI is InChI=1S/C9H10N4/c1-7-3-4-10-8(5-7)9-6-13(2)12-11-9/h3-6H,1-2H3. The molecule has 0 spiro atoms. The van der Waals surface area contributed by atoms with E-state index in [1.807, 2.05) is 32.3 Å². The lowest BCUT2D eigenvalue weighted by molar-refractivity contribution is 0.715. The number of pyridine rings is 1. The third-order valence-corrected chi connectivity index (χ3v) is 1.78. The summed E-state index contributed by atoms with van der Waals surface area (Å²) < 4.78 is 1.67. The zero-order valence-electron chi connectivity index (χ0n) is 7.60. The summed E-state index contributed by atoms with van der Waals surface area (Å²) in [4.78, 5) is 4.21. The zero-order chi connectivity index (χ0) is 9.26. The van der Waals surface area contributed by atoms with Crippen LogP contribution >= 0.6 is 0 Å². The second-order valence-electron chi connectivity index (χ2n) is 3.00. The van der Waals surface area contributed by atoms with E-state index < -0.39 is 0 Å². The molecule has 2 aromatic heterocycles. The minimum Gasteiger partial charge on any atom is -0.255 e. The first-order chi connectivity index (χ1) is 6.25. The lowest BCUT2D eigenvalue weighted by atomic mass is 10.2. The van der Waals surface area contributed by atoms with Crippen molar-refractivity contribution in [3.05, 3.63) is 30.1 Å². The monoisotopic (exact) mass is 174 g/mol. The Morgan fingerprint density at radius 1 is 1.31 bits per heavy atom. The molecule has 0 saturated carbocycles. The largest absolute Gasteiger partial charge is 0.255 e. The Bertz CT molecular complexity index is 419. The van der Waals surface area contributed by atoms with Crippen LogP contribution in [0.25, 0.3) is 11.4 Å². The van der Waals surface area contributed by atoms with E-state index in [-0.39, 0.29) is 0 Å². The van der Waals surface area contributed by atoms with Gasteiger partial charge in [0, 0.05) is 13.2 Å². The molecule has 2 rings (SSSR count). The summed E-state index contributed by atoms with van der Waals surface area (Å²) in [6, 6.07) is 3.95. The van der Waals surface area contributed by atoms with Crippen LogP contribution in [0.4, 0.5) is 0 Å². The van der Waals surface area contributed by atoms with Crippen LogP contribution < -0.4 is 0 Å². The molecule has 0 saturated heterocycles. The predicted octanol–water partition coefficient (Wildman–Crippen LogP) is 1.19. The van der Waals surface area contributed by atoms with E-state index in [0.717, 1.165) is 11.4 Å². The summed E-state index contributed by atoms with van der Waals surface area (Å²) >= 11 is 0. The molecule has 0 aliphatic rings. The molecule has 0 aliphatic heterocycles. The molecule has 4 nitrogen and oxygen atoms in total. The van der Waals surface area contributed by atoms with Gasteiger partial charge in [-0.25, -0.2) is 0 Å². The topological polar surface area (TPSA) is 43.6 Å². The third-order valence-electron chi connectivity index (χ3n) is 1.78. The summed E-state index contributed by atoms with van der Waals surface area (Å²) in [7, 11) is 1.84. The number of aryl methyl sites for hydroxylation is 2. The summed E-state index contributed by atoms with van der Waals surface area (Å²) in [5.41, 5.74) is 2.86. The molecule has 0 bridgehead atoms. The molecule has 0 N–H and O–H groups in total. The normalized spacial score (nSPS) is 10.3. The second-order valence-corrected chi connectivity index (χ2v) is 3.00. The first-order valence-electron chi connectivity index (χ1n) is 4.05. The van der Waals surface area contributed by atoms with Gasteiger partial charge in [0.1, 0.15) is 5.69 Å². The maximum Gasteiger partial charge on any atom is 0.131 e. The fraction of sp³-hybridized carbons (Fsp3) is 0.222. The van der Waals surface area contributed by atoms with Crippen LogP contribution in [0.1, 0.15) is 5.56 Å². The van der Waals surface area contributed by atoms with Crippen molar-refractivity contribution < 1.29 is 0 Å². The number of hydrogen-bond donors (Lipinski definition) is 0. The highest BCUT2D eigenvalue weighted by Crippen LogP contribution is 2.13. The van der Waals surface area contributed by atoms with Crippen molar-refractivity contribution in [2.75, 3.05) is 0 Å². The average Bonchev–Trinajstić information content (AvgIpc) is 2.52. The molecule has 4 heteroatoms. The Labute approximate surface area is 76.2 Å². The molecule has 13 heavy (non-hydrogen) atoms. The minimum atomic E-state index is 0.811. The van der Waals surface area contributed by atoms with Crippen molar-refractivity contribution >= 4 is 0 Å². The lowest BCUT2D eigenvalue weighted by Crippen LogP contribution is -1.85. The van der Waals surface area contributed by atoms with Crippen LogP contribution in [0.5, 0.6) is 0 Å². The molecule has 2 heterocycles. The van der Waals surface area contributed by atoms with E-state index in [1.165, 1.54) is 5.56 Å². The maximum atomic E-state index is 4.21. The highest BCUT2D eigenvalue weighted by Gasteiger charge is 2.02. The van der Waals surface area contributed by atoms with Crippen LogP contribution in [-0.2, 0) is 7.05 Å². The first kappa shape index (κ1) is 7.91. The quantitative estimate of drug-likeness (QED) is 0.652. The Hall–Kier alpha value is -1.71. The van der Waals surface area contributed by atoms with E-state index in [4.69, 9.17) is 0 Å². The number of hydrogen-bond acceptors (Lipinski definition) is 3. The van der Waals surface area contributed by atoms with E-state index in [2.05, 4.69) is 15.3 Å². The molecule has 0 aliphatic carbocycles. The number of nitrogens with zero attached hydrogens (tertiary/aromatic N) is 4. The van der Waals surface area contributed by atoms with Gasteiger partial charge in [0.05, 0.1) is 11.9 Å². The predicted molar refractivity (Wildman–Crippen MR) is 49.0 cm³/mol. The fourth-order valence-electron chi connectivity index (χ4n) is 1.14. The van der Waals surface area contributed by atoms with Gasteiger partial charge in [-0.15, -0.1) is 5.10 Å². The molecule has 0 aromatic carbocycles. The highest BCUT2D eigenvalue weighted by atomic mass is 15.4. The molecule has 2 aromatic rings. The third kappa shape index (κ3) is 1.56. The summed E-state index contributed by atoms with van der Waals surface area (Å²) in [5.74, 6) is 0. The molecule has 0 amide bonds. The van der Waals surface area contributed by atoms with E-state index in [1.54, 1.807) is 10.9 Å². The Balaban J connectivity index is 2.46. The van der Waals surface area contributed by atoms with Gasteiger partial charge in [-0.1, -0.05) is 5.21 Å².